The quantitative estimate of drug-likeness (QED) is 0.549. The Morgan fingerprint density at radius 1 is 1.22 bits per heavy atom. The van der Waals surface area contributed by atoms with Crippen molar-refractivity contribution in [3.63, 3.8) is 0 Å². The second-order valence-electron chi connectivity index (χ2n) is 7.01. The monoisotopic (exact) mass is 377 g/mol. The van der Waals surface area contributed by atoms with E-state index in [1.807, 2.05) is 31.2 Å². The number of aromatic amines is 1. The molecule has 27 heavy (non-hydrogen) atoms. The number of H-pyrrole nitrogens is 1. The Morgan fingerprint density at radius 3 is 2.78 bits per heavy atom. The Morgan fingerprint density at radius 2 is 2.04 bits per heavy atom. The molecule has 1 aromatic carbocycles. The molecule has 0 radical (unpaired) electrons. The van der Waals surface area contributed by atoms with Gasteiger partial charge in [-0.1, -0.05) is 12.1 Å². The molecule has 3 aromatic heterocycles. The number of carbonyl (C=O) groups is 1. The topological polar surface area (TPSA) is 75.6 Å². The lowest BCUT2D eigenvalue weighted by Gasteiger charge is -2.24. The van der Waals surface area contributed by atoms with Gasteiger partial charge in [-0.05, 0) is 44.5 Å². The molecule has 6 nitrogen and oxygen atoms in total. The van der Waals surface area contributed by atoms with Crippen LogP contribution in [0.4, 0.5) is 5.82 Å². The Hall–Kier alpha value is -2.93. The maximum atomic E-state index is 12.5. The Balaban J connectivity index is 1.70. The fourth-order valence-electron chi connectivity index (χ4n) is 4.00. The molecule has 0 bridgehead atoms. The van der Waals surface area contributed by atoms with E-state index in [9.17, 15) is 4.79 Å². The normalized spacial score (nSPS) is 16.6. The van der Waals surface area contributed by atoms with Gasteiger partial charge in [0.15, 0.2) is 0 Å². The number of carbonyl (C=O) groups excluding carboxylic acids is 1. The molecular weight excluding hydrogens is 358 g/mol. The van der Waals surface area contributed by atoms with Crippen molar-refractivity contribution >= 4 is 34.1 Å². The summed E-state index contributed by atoms with van der Waals surface area (Å²) in [7, 11) is 0. The van der Waals surface area contributed by atoms with E-state index in [0.29, 0.717) is 12.4 Å². The van der Waals surface area contributed by atoms with E-state index in [0.717, 1.165) is 28.1 Å². The van der Waals surface area contributed by atoms with E-state index in [1.165, 1.54) is 15.3 Å². The van der Waals surface area contributed by atoms with E-state index < -0.39 is 0 Å². The smallest absolute Gasteiger partial charge is 0.231 e. The minimum Gasteiger partial charge on any atom is -0.322 e. The van der Waals surface area contributed by atoms with Crippen LogP contribution in [0.5, 0.6) is 0 Å². The number of anilines is 1. The van der Waals surface area contributed by atoms with Gasteiger partial charge in [-0.2, -0.15) is 9.78 Å². The minimum atomic E-state index is 0.00742. The number of hydrogen-bond acceptors (Lipinski definition) is 4. The highest BCUT2D eigenvalue weighted by Gasteiger charge is 2.34. The number of imidazole rings is 1. The molecule has 1 amide bonds. The first-order chi connectivity index (χ1) is 13.0. The van der Waals surface area contributed by atoms with Gasteiger partial charge < -0.3 is 10.3 Å². The van der Waals surface area contributed by atoms with Crippen LogP contribution in [-0.2, 0) is 4.79 Å². The molecule has 0 aliphatic carbocycles. The zero-order valence-electron chi connectivity index (χ0n) is 15.3. The number of para-hydroxylation sites is 2. The molecule has 1 aliphatic heterocycles. The van der Waals surface area contributed by atoms with Crippen molar-refractivity contribution in [1.29, 1.82) is 0 Å². The Bertz CT molecular complexity index is 1170. The molecule has 1 aliphatic rings. The first-order valence-corrected chi connectivity index (χ1v) is 9.74. The molecule has 136 valence electrons. The van der Waals surface area contributed by atoms with Crippen molar-refractivity contribution in [2.24, 2.45) is 0 Å². The summed E-state index contributed by atoms with van der Waals surface area (Å²) in [6, 6.07) is 10.1. The van der Waals surface area contributed by atoms with Crippen LogP contribution in [0.25, 0.3) is 17.0 Å². The summed E-state index contributed by atoms with van der Waals surface area (Å²) in [5, 5.41) is 7.74. The van der Waals surface area contributed by atoms with Crippen molar-refractivity contribution in [3.05, 3.63) is 56.9 Å². The minimum absolute atomic E-state index is 0.00742. The standard InChI is InChI=1S/C20H19N5OS/c1-10-8-13(12(3)27-10)14-9-17(26)23-19-18(14)11(2)24-25(19)20-21-15-6-4-5-7-16(15)22-20/h4-8,14H,9H2,1-3H3,(H,21,22)(H,23,26)/t14-/m0/s1. The van der Waals surface area contributed by atoms with Gasteiger partial charge in [0.2, 0.25) is 11.9 Å². The molecule has 4 heterocycles. The van der Waals surface area contributed by atoms with Crippen LogP contribution in [0.3, 0.4) is 0 Å². The summed E-state index contributed by atoms with van der Waals surface area (Å²) in [6.45, 7) is 6.23. The Kier molecular flexibility index (Phi) is 3.48. The van der Waals surface area contributed by atoms with Crippen molar-refractivity contribution < 1.29 is 4.79 Å². The zero-order chi connectivity index (χ0) is 18.7. The lowest BCUT2D eigenvalue weighted by Crippen LogP contribution is -2.25. The highest BCUT2D eigenvalue weighted by atomic mass is 32.1. The number of rotatable bonds is 2. The predicted octanol–water partition coefficient (Wildman–Crippen LogP) is 4.21. The highest BCUT2D eigenvalue weighted by molar-refractivity contribution is 7.12. The molecule has 0 spiro atoms. The van der Waals surface area contributed by atoms with Gasteiger partial charge in [-0.3, -0.25) is 4.79 Å². The van der Waals surface area contributed by atoms with Crippen molar-refractivity contribution in [1.82, 2.24) is 19.7 Å². The van der Waals surface area contributed by atoms with Crippen LogP contribution >= 0.6 is 11.3 Å². The number of thiophene rings is 1. The average molecular weight is 377 g/mol. The number of fused-ring (bicyclic) bond motifs is 2. The lowest BCUT2D eigenvalue weighted by atomic mass is 9.86. The van der Waals surface area contributed by atoms with Gasteiger partial charge in [0.05, 0.1) is 16.7 Å². The number of aromatic nitrogens is 4. The predicted molar refractivity (Wildman–Crippen MR) is 107 cm³/mol. The number of hydrogen-bond donors (Lipinski definition) is 2. The third kappa shape index (κ3) is 2.49. The lowest BCUT2D eigenvalue weighted by molar-refractivity contribution is -0.116. The third-order valence-electron chi connectivity index (χ3n) is 5.13. The molecule has 7 heteroatoms. The van der Waals surface area contributed by atoms with Crippen LogP contribution < -0.4 is 5.32 Å². The van der Waals surface area contributed by atoms with Crippen LogP contribution in [0.2, 0.25) is 0 Å². The van der Waals surface area contributed by atoms with Gasteiger partial charge in [0.25, 0.3) is 0 Å². The van der Waals surface area contributed by atoms with E-state index in [2.05, 4.69) is 35.2 Å². The van der Waals surface area contributed by atoms with Gasteiger partial charge >= 0.3 is 0 Å². The molecule has 0 unspecified atom stereocenters. The molecule has 2 N–H and O–H groups in total. The second kappa shape index (κ2) is 5.79. The molecule has 1 atom stereocenters. The first kappa shape index (κ1) is 16.3. The summed E-state index contributed by atoms with van der Waals surface area (Å²) in [5.41, 5.74) is 5.03. The first-order valence-electron chi connectivity index (χ1n) is 8.92. The summed E-state index contributed by atoms with van der Waals surface area (Å²) in [4.78, 5) is 23.0. The van der Waals surface area contributed by atoms with E-state index in [1.54, 1.807) is 16.0 Å². The number of aryl methyl sites for hydroxylation is 3. The summed E-state index contributed by atoms with van der Waals surface area (Å²) in [5.74, 6) is 1.36. The fraction of sp³-hybridized carbons (Fsp3) is 0.250. The van der Waals surface area contributed by atoms with Crippen LogP contribution in [0.1, 0.15) is 38.9 Å². The van der Waals surface area contributed by atoms with Crippen LogP contribution in [0, 0.1) is 20.8 Å². The van der Waals surface area contributed by atoms with E-state index >= 15 is 0 Å². The molecule has 4 aromatic rings. The number of nitrogens with zero attached hydrogens (tertiary/aromatic N) is 3. The van der Waals surface area contributed by atoms with Crippen LogP contribution in [-0.4, -0.2) is 25.7 Å². The maximum Gasteiger partial charge on any atom is 0.231 e. The number of nitrogens with one attached hydrogen (secondary N) is 2. The highest BCUT2D eigenvalue weighted by Crippen LogP contribution is 2.42. The summed E-state index contributed by atoms with van der Waals surface area (Å²) >= 11 is 1.77. The molecule has 0 fully saturated rings. The summed E-state index contributed by atoms with van der Waals surface area (Å²) < 4.78 is 1.73. The van der Waals surface area contributed by atoms with Crippen molar-refractivity contribution in [2.45, 2.75) is 33.1 Å². The van der Waals surface area contributed by atoms with E-state index in [-0.39, 0.29) is 11.8 Å². The van der Waals surface area contributed by atoms with Gasteiger partial charge in [-0.15, -0.1) is 11.3 Å². The molecule has 0 saturated heterocycles. The van der Waals surface area contributed by atoms with Gasteiger partial charge in [0.1, 0.15) is 5.82 Å². The van der Waals surface area contributed by atoms with Gasteiger partial charge in [0, 0.05) is 27.7 Å². The van der Waals surface area contributed by atoms with Crippen molar-refractivity contribution in [2.75, 3.05) is 5.32 Å². The molecule has 0 saturated carbocycles. The number of benzene rings is 1. The SMILES string of the molecule is Cc1cc([C@@H]2CC(=O)Nc3c2c(C)nn3-c2nc3ccccc3[nH]2)c(C)s1. The molecular formula is C20H19N5OS. The fourth-order valence-corrected chi connectivity index (χ4v) is 4.99. The second-order valence-corrected chi connectivity index (χ2v) is 8.47. The third-order valence-corrected chi connectivity index (χ3v) is 6.12. The number of amides is 1. The van der Waals surface area contributed by atoms with Crippen molar-refractivity contribution in [3.8, 4) is 5.95 Å². The maximum absolute atomic E-state index is 12.5. The van der Waals surface area contributed by atoms with E-state index in [4.69, 9.17) is 5.10 Å². The zero-order valence-corrected chi connectivity index (χ0v) is 16.1. The average Bonchev–Trinajstić information content (AvgIpc) is 3.29. The largest absolute Gasteiger partial charge is 0.322 e. The molecule has 5 rings (SSSR count). The summed E-state index contributed by atoms with van der Waals surface area (Å²) in [6.07, 6.45) is 0.441. The Labute approximate surface area is 160 Å². The van der Waals surface area contributed by atoms with Gasteiger partial charge in [-0.25, -0.2) is 4.98 Å². The van der Waals surface area contributed by atoms with Crippen LogP contribution in [0.15, 0.2) is 30.3 Å².